The first-order chi connectivity index (χ1) is 10.1. The molecule has 0 unspecified atom stereocenters. The highest BCUT2D eigenvalue weighted by Gasteiger charge is 2.23. The van der Waals surface area contributed by atoms with Gasteiger partial charge in [0.05, 0.1) is 6.61 Å². The number of hydrogen-bond donors (Lipinski definition) is 3. The van der Waals surface area contributed by atoms with Gasteiger partial charge < -0.3 is 15.2 Å². The molecule has 0 spiro atoms. The van der Waals surface area contributed by atoms with Gasteiger partial charge in [0.15, 0.2) is 5.56 Å². The molecule has 0 fully saturated rings. The van der Waals surface area contributed by atoms with Gasteiger partial charge in [0.2, 0.25) is 5.88 Å². The average molecular weight is 315 g/mol. The van der Waals surface area contributed by atoms with E-state index in [9.17, 15) is 14.7 Å². The van der Waals surface area contributed by atoms with Crippen LogP contribution in [0.5, 0.6) is 5.88 Å². The lowest BCUT2D eigenvalue weighted by Crippen LogP contribution is -2.29. The van der Waals surface area contributed by atoms with E-state index in [2.05, 4.69) is 21.9 Å². The molecule has 0 atom stereocenters. The van der Waals surface area contributed by atoms with E-state index in [4.69, 9.17) is 4.74 Å². The van der Waals surface area contributed by atoms with Crippen molar-refractivity contribution in [3.63, 3.8) is 0 Å². The number of carbonyl (C=O) groups excluding carboxylic acids is 1. The number of carboxylic acids is 1. The largest absolute Gasteiger partial charge is 0.477 e. The maximum absolute atomic E-state index is 11.7. The summed E-state index contributed by atoms with van der Waals surface area (Å²) in [5.41, 5.74) is -0.0999. The monoisotopic (exact) mass is 315 g/mol. The Labute approximate surface area is 127 Å². The van der Waals surface area contributed by atoms with Crippen LogP contribution in [0.2, 0.25) is 0 Å². The molecule has 7 nitrogen and oxygen atoms in total. The summed E-state index contributed by atoms with van der Waals surface area (Å²) in [5, 5.41) is 14.6. The van der Waals surface area contributed by atoms with Gasteiger partial charge in [0, 0.05) is 6.54 Å². The highest BCUT2D eigenvalue weighted by atomic mass is 32.1. The van der Waals surface area contributed by atoms with Crippen molar-refractivity contribution in [1.82, 2.24) is 9.69 Å². The molecular weight excluding hydrogens is 294 g/mol. The van der Waals surface area contributed by atoms with Gasteiger partial charge in [-0.15, -0.1) is 0 Å². The Balaban J connectivity index is 2.63. The number of aromatic nitrogens is 1. The second kappa shape index (κ2) is 9.17. The van der Waals surface area contributed by atoms with Crippen LogP contribution in [0.25, 0.3) is 0 Å². The first-order valence-corrected chi connectivity index (χ1v) is 7.78. The lowest BCUT2D eigenvalue weighted by molar-refractivity contribution is 0.0693. The standard InChI is InChI=1S/C13H21N3O4S/c1-3-5-6-7-14-13(19)15-11-9(12(17)18)10(16-21-11)20-8-4-2/h3-8H2,1-2H3,(H,17,18)(H2,14,15,19). The summed E-state index contributed by atoms with van der Waals surface area (Å²) in [6, 6.07) is -0.431. The first kappa shape index (κ1) is 17.2. The number of anilines is 1. The Morgan fingerprint density at radius 3 is 2.67 bits per heavy atom. The smallest absolute Gasteiger partial charge is 0.344 e. The molecule has 1 heterocycles. The zero-order valence-corrected chi connectivity index (χ0v) is 13.1. The number of nitrogens with one attached hydrogen (secondary N) is 2. The second-order valence-electron chi connectivity index (χ2n) is 4.43. The lowest BCUT2D eigenvalue weighted by Gasteiger charge is -2.06. The van der Waals surface area contributed by atoms with Crippen LogP contribution in [-0.2, 0) is 0 Å². The molecule has 0 aliphatic heterocycles. The Morgan fingerprint density at radius 2 is 2.05 bits per heavy atom. The number of nitrogens with zero attached hydrogens (tertiary/aromatic N) is 1. The van der Waals surface area contributed by atoms with Crippen molar-refractivity contribution in [3.8, 4) is 5.88 Å². The minimum absolute atomic E-state index is 0.0515. The van der Waals surface area contributed by atoms with E-state index in [1.54, 1.807) is 0 Å². The van der Waals surface area contributed by atoms with Crippen molar-refractivity contribution >= 4 is 28.5 Å². The van der Waals surface area contributed by atoms with E-state index in [-0.39, 0.29) is 16.4 Å². The molecule has 0 aliphatic carbocycles. The SMILES string of the molecule is CCCCCNC(=O)Nc1snc(OCCC)c1C(=O)O. The van der Waals surface area contributed by atoms with Crippen LogP contribution >= 0.6 is 11.5 Å². The molecule has 21 heavy (non-hydrogen) atoms. The zero-order valence-electron chi connectivity index (χ0n) is 12.3. The molecule has 1 aromatic heterocycles. The molecule has 1 rings (SSSR count). The van der Waals surface area contributed by atoms with Gasteiger partial charge in [-0.25, -0.2) is 9.59 Å². The molecule has 0 aliphatic rings. The lowest BCUT2D eigenvalue weighted by atomic mass is 10.2. The number of unbranched alkanes of at least 4 members (excludes halogenated alkanes) is 2. The Kier molecular flexibility index (Phi) is 7.52. The summed E-state index contributed by atoms with van der Waals surface area (Å²) >= 11 is 0.899. The van der Waals surface area contributed by atoms with Crippen LogP contribution in [0, 0.1) is 0 Å². The maximum Gasteiger partial charge on any atom is 0.344 e. The summed E-state index contributed by atoms with van der Waals surface area (Å²) in [4.78, 5) is 23.0. The highest BCUT2D eigenvalue weighted by molar-refractivity contribution is 7.11. The zero-order chi connectivity index (χ0) is 15.7. The van der Waals surface area contributed by atoms with Crippen LogP contribution in [0.3, 0.4) is 0 Å². The molecule has 1 aromatic rings. The highest BCUT2D eigenvalue weighted by Crippen LogP contribution is 2.30. The van der Waals surface area contributed by atoms with Gasteiger partial charge in [-0.1, -0.05) is 26.7 Å². The first-order valence-electron chi connectivity index (χ1n) is 7.00. The van der Waals surface area contributed by atoms with Gasteiger partial charge in [0.1, 0.15) is 5.00 Å². The van der Waals surface area contributed by atoms with Crippen molar-refractivity contribution in [2.45, 2.75) is 39.5 Å². The Morgan fingerprint density at radius 1 is 1.29 bits per heavy atom. The molecule has 0 saturated carbocycles. The van der Waals surface area contributed by atoms with Crippen LogP contribution < -0.4 is 15.4 Å². The third-order valence-electron chi connectivity index (χ3n) is 2.61. The molecule has 3 N–H and O–H groups in total. The number of rotatable bonds is 9. The van der Waals surface area contributed by atoms with Gasteiger partial charge in [-0.3, -0.25) is 5.32 Å². The van der Waals surface area contributed by atoms with Crippen molar-refractivity contribution in [2.24, 2.45) is 0 Å². The third kappa shape index (κ3) is 5.58. The van der Waals surface area contributed by atoms with Crippen molar-refractivity contribution in [1.29, 1.82) is 0 Å². The van der Waals surface area contributed by atoms with Crippen LogP contribution in [-0.4, -0.2) is 34.6 Å². The van der Waals surface area contributed by atoms with Gasteiger partial charge in [0.25, 0.3) is 0 Å². The van der Waals surface area contributed by atoms with E-state index < -0.39 is 12.0 Å². The summed E-state index contributed by atoms with van der Waals surface area (Å²) in [6.07, 6.45) is 3.75. The number of amides is 2. The molecule has 0 radical (unpaired) electrons. The third-order valence-corrected chi connectivity index (χ3v) is 3.36. The van der Waals surface area contributed by atoms with E-state index >= 15 is 0 Å². The quantitative estimate of drug-likeness (QED) is 0.608. The van der Waals surface area contributed by atoms with E-state index in [1.807, 2.05) is 6.92 Å². The van der Waals surface area contributed by atoms with Crippen LogP contribution in [0.4, 0.5) is 9.80 Å². The Bertz CT molecular complexity index is 476. The summed E-state index contributed by atoms with van der Waals surface area (Å²) in [5.74, 6) is -1.12. The second-order valence-corrected chi connectivity index (χ2v) is 5.21. The minimum Gasteiger partial charge on any atom is -0.477 e. The summed E-state index contributed by atoms with van der Waals surface area (Å²) < 4.78 is 9.20. The Hall–Kier alpha value is -1.83. The fraction of sp³-hybridized carbons (Fsp3) is 0.615. The van der Waals surface area contributed by atoms with Crippen molar-refractivity contribution in [3.05, 3.63) is 5.56 Å². The van der Waals surface area contributed by atoms with E-state index in [1.165, 1.54) is 0 Å². The predicted molar refractivity (Wildman–Crippen MR) is 81.4 cm³/mol. The number of urea groups is 1. The molecular formula is C13H21N3O4S. The molecule has 0 aromatic carbocycles. The molecule has 2 amide bonds. The number of aromatic carboxylic acids is 1. The maximum atomic E-state index is 11.7. The predicted octanol–water partition coefficient (Wildman–Crippen LogP) is 2.94. The van der Waals surface area contributed by atoms with Gasteiger partial charge >= 0.3 is 12.0 Å². The molecule has 0 bridgehead atoms. The van der Waals surface area contributed by atoms with Crippen LogP contribution in [0.1, 0.15) is 49.9 Å². The fourth-order valence-electron chi connectivity index (χ4n) is 1.57. The number of hydrogen-bond acceptors (Lipinski definition) is 5. The number of carbonyl (C=O) groups is 2. The summed E-state index contributed by atoms with van der Waals surface area (Å²) in [7, 11) is 0. The van der Waals surface area contributed by atoms with E-state index in [0.717, 1.165) is 37.2 Å². The van der Waals surface area contributed by atoms with Crippen molar-refractivity contribution in [2.75, 3.05) is 18.5 Å². The van der Waals surface area contributed by atoms with Crippen LogP contribution in [0.15, 0.2) is 0 Å². The van der Waals surface area contributed by atoms with Gasteiger partial charge in [-0.2, -0.15) is 4.37 Å². The van der Waals surface area contributed by atoms with Gasteiger partial charge in [-0.05, 0) is 24.4 Å². The topological polar surface area (TPSA) is 101 Å². The average Bonchev–Trinajstić information content (AvgIpc) is 2.84. The molecule has 8 heteroatoms. The number of carboxylic acid groups (broad SMARTS) is 1. The number of ether oxygens (including phenoxy) is 1. The molecule has 0 saturated heterocycles. The molecule has 118 valence electrons. The summed E-state index contributed by atoms with van der Waals surface area (Å²) in [6.45, 7) is 4.93. The van der Waals surface area contributed by atoms with Crippen molar-refractivity contribution < 1.29 is 19.4 Å². The normalized spacial score (nSPS) is 10.2. The van der Waals surface area contributed by atoms with E-state index in [0.29, 0.717) is 13.2 Å². The minimum atomic E-state index is -1.17. The fourth-order valence-corrected chi connectivity index (χ4v) is 2.29.